The van der Waals surface area contributed by atoms with Gasteiger partial charge in [-0.05, 0) is 24.1 Å². The van der Waals surface area contributed by atoms with Crippen LogP contribution in [0.25, 0.3) is 0 Å². The maximum atomic E-state index is 11.3. The predicted molar refractivity (Wildman–Crippen MR) is 72.9 cm³/mol. The summed E-state index contributed by atoms with van der Waals surface area (Å²) >= 11 is 0. The van der Waals surface area contributed by atoms with E-state index in [1.807, 2.05) is 49.4 Å². The zero-order chi connectivity index (χ0) is 13.7. The van der Waals surface area contributed by atoms with Gasteiger partial charge in [-0.1, -0.05) is 48.5 Å². The smallest absolute Gasteiger partial charge is 0.436 e. The Morgan fingerprint density at radius 3 is 2.37 bits per heavy atom. The van der Waals surface area contributed by atoms with Crippen LogP contribution < -0.4 is 5.06 Å². The summed E-state index contributed by atoms with van der Waals surface area (Å²) in [5, 5.41) is 10.1. The van der Waals surface area contributed by atoms with Gasteiger partial charge in [0.25, 0.3) is 0 Å². The van der Waals surface area contributed by atoms with Crippen LogP contribution >= 0.6 is 0 Å². The molecule has 2 rings (SSSR count). The van der Waals surface area contributed by atoms with Crippen molar-refractivity contribution in [2.45, 2.75) is 13.5 Å². The number of amides is 1. The first-order chi connectivity index (χ1) is 9.18. The maximum absolute atomic E-state index is 11.3. The third kappa shape index (κ3) is 3.33. The van der Waals surface area contributed by atoms with Gasteiger partial charge in [0.15, 0.2) is 0 Å². The van der Waals surface area contributed by atoms with E-state index in [0.717, 1.165) is 16.2 Å². The highest BCUT2D eigenvalue weighted by Gasteiger charge is 2.17. The zero-order valence-corrected chi connectivity index (χ0v) is 10.6. The molecule has 0 unspecified atom stereocenters. The second-order valence-corrected chi connectivity index (χ2v) is 4.12. The Morgan fingerprint density at radius 2 is 1.74 bits per heavy atom. The monoisotopic (exact) mass is 257 g/mol. The van der Waals surface area contributed by atoms with Crippen LogP contribution in [-0.2, 0) is 11.4 Å². The van der Waals surface area contributed by atoms with Gasteiger partial charge in [-0.25, -0.2) is 4.79 Å². The van der Waals surface area contributed by atoms with Gasteiger partial charge in [0.1, 0.15) is 6.61 Å². The van der Waals surface area contributed by atoms with E-state index in [1.54, 1.807) is 12.1 Å². The molecule has 0 atom stereocenters. The lowest BCUT2D eigenvalue weighted by atomic mass is 10.2. The van der Waals surface area contributed by atoms with Crippen molar-refractivity contribution in [3.05, 3.63) is 65.7 Å². The van der Waals surface area contributed by atoms with Crippen LogP contribution in [-0.4, -0.2) is 11.2 Å². The SMILES string of the molecule is Cc1ccccc1N(OCc1ccccc1)C(=O)O. The summed E-state index contributed by atoms with van der Waals surface area (Å²) < 4.78 is 0. The van der Waals surface area contributed by atoms with Crippen LogP contribution in [0.4, 0.5) is 10.5 Å². The number of anilines is 1. The van der Waals surface area contributed by atoms with Crippen molar-refractivity contribution >= 4 is 11.8 Å². The molecule has 0 aliphatic carbocycles. The molecule has 0 saturated heterocycles. The number of rotatable bonds is 4. The number of carbonyl (C=O) groups is 1. The average molecular weight is 257 g/mol. The van der Waals surface area contributed by atoms with Crippen LogP contribution in [0, 0.1) is 6.92 Å². The fraction of sp³-hybridized carbons (Fsp3) is 0.133. The number of nitrogens with zero attached hydrogens (tertiary/aromatic N) is 1. The van der Waals surface area contributed by atoms with Crippen LogP contribution in [0.3, 0.4) is 0 Å². The van der Waals surface area contributed by atoms with Gasteiger partial charge in [-0.2, -0.15) is 5.06 Å². The molecule has 2 aromatic rings. The van der Waals surface area contributed by atoms with Gasteiger partial charge in [0, 0.05) is 0 Å². The molecule has 19 heavy (non-hydrogen) atoms. The highest BCUT2D eigenvalue weighted by Crippen LogP contribution is 2.20. The molecule has 1 N–H and O–H groups in total. The van der Waals surface area contributed by atoms with Crippen LogP contribution in [0.5, 0.6) is 0 Å². The zero-order valence-electron chi connectivity index (χ0n) is 10.6. The van der Waals surface area contributed by atoms with Crippen LogP contribution in [0.15, 0.2) is 54.6 Å². The molecule has 0 spiro atoms. The summed E-state index contributed by atoms with van der Waals surface area (Å²) in [6.07, 6.45) is -1.13. The number of aryl methyl sites for hydroxylation is 1. The van der Waals surface area contributed by atoms with E-state index in [9.17, 15) is 9.90 Å². The Morgan fingerprint density at radius 1 is 1.11 bits per heavy atom. The molecule has 2 aromatic carbocycles. The highest BCUT2D eigenvalue weighted by atomic mass is 16.7. The van der Waals surface area contributed by atoms with E-state index in [-0.39, 0.29) is 6.61 Å². The van der Waals surface area contributed by atoms with Gasteiger partial charge in [0.05, 0.1) is 5.69 Å². The summed E-state index contributed by atoms with van der Waals surface area (Å²) in [5.41, 5.74) is 2.30. The van der Waals surface area contributed by atoms with E-state index in [0.29, 0.717) is 5.69 Å². The minimum absolute atomic E-state index is 0.210. The molecular weight excluding hydrogens is 242 g/mol. The molecule has 0 heterocycles. The first-order valence-electron chi connectivity index (χ1n) is 5.94. The van der Waals surface area contributed by atoms with Crippen molar-refractivity contribution in [1.82, 2.24) is 0 Å². The van der Waals surface area contributed by atoms with Crippen molar-refractivity contribution in [3.63, 3.8) is 0 Å². The molecule has 0 fully saturated rings. The standard InChI is InChI=1S/C15H15NO3/c1-12-7-5-6-10-14(12)16(15(17)18)19-11-13-8-3-2-4-9-13/h2-10H,11H2,1H3,(H,17,18). The summed E-state index contributed by atoms with van der Waals surface area (Å²) in [6.45, 7) is 2.05. The fourth-order valence-electron chi connectivity index (χ4n) is 1.73. The molecule has 0 aliphatic heterocycles. The van der Waals surface area contributed by atoms with Crippen LogP contribution in [0.1, 0.15) is 11.1 Å². The number of benzene rings is 2. The second kappa shape index (κ2) is 6.02. The van der Waals surface area contributed by atoms with Gasteiger partial charge in [-0.15, -0.1) is 0 Å². The molecule has 98 valence electrons. The fourth-order valence-corrected chi connectivity index (χ4v) is 1.73. The van der Waals surface area contributed by atoms with Gasteiger partial charge in [0.2, 0.25) is 0 Å². The van der Waals surface area contributed by atoms with Crippen molar-refractivity contribution in [2.75, 3.05) is 5.06 Å². The molecule has 0 radical (unpaired) electrons. The molecule has 4 heteroatoms. The van der Waals surface area contributed by atoms with E-state index in [2.05, 4.69) is 0 Å². The number of hydroxylamine groups is 1. The lowest BCUT2D eigenvalue weighted by molar-refractivity contribution is 0.0848. The molecule has 0 saturated carbocycles. The average Bonchev–Trinajstić information content (AvgIpc) is 2.42. The van der Waals surface area contributed by atoms with E-state index in [4.69, 9.17) is 4.84 Å². The summed E-state index contributed by atoms with van der Waals surface area (Å²) in [6, 6.07) is 16.6. The number of para-hydroxylation sites is 1. The van der Waals surface area contributed by atoms with Gasteiger partial charge in [-0.3, -0.25) is 4.84 Å². The Balaban J connectivity index is 2.14. The maximum Gasteiger partial charge on any atom is 0.436 e. The molecule has 0 aliphatic rings. The molecule has 0 bridgehead atoms. The van der Waals surface area contributed by atoms with Gasteiger partial charge >= 0.3 is 6.09 Å². The summed E-state index contributed by atoms with van der Waals surface area (Å²) in [4.78, 5) is 16.7. The minimum atomic E-state index is -1.13. The Hall–Kier alpha value is -2.33. The Bertz CT molecular complexity index is 554. The van der Waals surface area contributed by atoms with Crippen molar-refractivity contribution in [2.24, 2.45) is 0 Å². The lowest BCUT2D eigenvalue weighted by Crippen LogP contribution is -2.29. The topological polar surface area (TPSA) is 49.8 Å². The van der Waals surface area contributed by atoms with E-state index >= 15 is 0 Å². The quantitative estimate of drug-likeness (QED) is 0.851. The number of hydrogen-bond donors (Lipinski definition) is 1. The predicted octanol–water partition coefficient (Wildman–Crippen LogP) is 3.61. The number of hydrogen-bond acceptors (Lipinski definition) is 2. The largest absolute Gasteiger partial charge is 0.463 e. The molecular formula is C15H15NO3. The van der Waals surface area contributed by atoms with Gasteiger partial charge < -0.3 is 5.11 Å². The third-order valence-corrected chi connectivity index (χ3v) is 2.71. The first kappa shape index (κ1) is 13.1. The normalized spacial score (nSPS) is 10.2. The van der Waals surface area contributed by atoms with E-state index < -0.39 is 6.09 Å². The Kier molecular flexibility index (Phi) is 4.15. The third-order valence-electron chi connectivity index (χ3n) is 2.71. The molecule has 0 aromatic heterocycles. The van der Waals surface area contributed by atoms with Crippen molar-refractivity contribution in [1.29, 1.82) is 0 Å². The van der Waals surface area contributed by atoms with Crippen molar-refractivity contribution < 1.29 is 14.7 Å². The minimum Gasteiger partial charge on any atom is -0.463 e. The van der Waals surface area contributed by atoms with E-state index in [1.165, 1.54) is 0 Å². The Labute approximate surface area is 111 Å². The number of carboxylic acid groups (broad SMARTS) is 1. The second-order valence-electron chi connectivity index (χ2n) is 4.12. The summed E-state index contributed by atoms with van der Waals surface area (Å²) in [5.74, 6) is 0. The first-order valence-corrected chi connectivity index (χ1v) is 5.94. The lowest BCUT2D eigenvalue weighted by Gasteiger charge is -2.20. The molecule has 4 nitrogen and oxygen atoms in total. The summed E-state index contributed by atoms with van der Waals surface area (Å²) in [7, 11) is 0. The van der Waals surface area contributed by atoms with Crippen LogP contribution in [0.2, 0.25) is 0 Å². The molecule has 1 amide bonds. The highest BCUT2D eigenvalue weighted by molar-refractivity contribution is 5.84. The van der Waals surface area contributed by atoms with Crippen molar-refractivity contribution in [3.8, 4) is 0 Å².